The molecule has 0 saturated heterocycles. The maximum absolute atomic E-state index is 12.2. The molecule has 0 saturated carbocycles. The number of para-hydroxylation sites is 1. The fourth-order valence-corrected chi connectivity index (χ4v) is 2.09. The predicted octanol–water partition coefficient (Wildman–Crippen LogP) is 3.48. The summed E-state index contributed by atoms with van der Waals surface area (Å²) in [6.45, 7) is 0. The average Bonchev–Trinajstić information content (AvgIpc) is 2.48. The van der Waals surface area contributed by atoms with Crippen LogP contribution in [-0.2, 0) is 0 Å². The zero-order valence-corrected chi connectivity index (χ0v) is 12.8. The number of amides is 1. The van der Waals surface area contributed by atoms with Crippen LogP contribution < -0.4 is 15.4 Å². The van der Waals surface area contributed by atoms with Gasteiger partial charge in [-0.1, -0.05) is 29.8 Å². The van der Waals surface area contributed by atoms with E-state index in [1.54, 1.807) is 12.1 Å². The van der Waals surface area contributed by atoms with Crippen LogP contribution >= 0.6 is 23.8 Å². The van der Waals surface area contributed by atoms with Crippen molar-refractivity contribution in [3.8, 4) is 5.75 Å². The molecule has 1 amide bonds. The summed E-state index contributed by atoms with van der Waals surface area (Å²) in [6, 6.07) is 14.1. The summed E-state index contributed by atoms with van der Waals surface area (Å²) in [7, 11) is 1.49. The Bertz CT molecular complexity index is 662. The average molecular weight is 321 g/mol. The van der Waals surface area contributed by atoms with Crippen LogP contribution in [-0.4, -0.2) is 18.1 Å². The number of rotatable bonds is 3. The van der Waals surface area contributed by atoms with Crippen LogP contribution in [0.1, 0.15) is 10.4 Å². The lowest BCUT2D eigenvalue weighted by molar-refractivity contribution is 0.0975. The number of carbonyl (C=O) groups is 1. The molecule has 0 aromatic heterocycles. The summed E-state index contributed by atoms with van der Waals surface area (Å²) in [4.78, 5) is 12.2. The van der Waals surface area contributed by atoms with Crippen molar-refractivity contribution in [2.24, 2.45) is 0 Å². The summed E-state index contributed by atoms with van der Waals surface area (Å²) in [5.41, 5.74) is 1.11. The third kappa shape index (κ3) is 4.18. The van der Waals surface area contributed by atoms with Crippen molar-refractivity contribution >= 4 is 40.5 Å². The molecule has 0 radical (unpaired) electrons. The largest absolute Gasteiger partial charge is 0.496 e. The van der Waals surface area contributed by atoms with Crippen LogP contribution in [0.3, 0.4) is 0 Å². The molecule has 4 nitrogen and oxygen atoms in total. The highest BCUT2D eigenvalue weighted by Gasteiger charge is 2.14. The molecule has 0 aliphatic carbocycles. The van der Waals surface area contributed by atoms with Crippen LogP contribution in [0.5, 0.6) is 5.75 Å². The van der Waals surface area contributed by atoms with Crippen molar-refractivity contribution < 1.29 is 9.53 Å². The van der Waals surface area contributed by atoms with E-state index >= 15 is 0 Å². The van der Waals surface area contributed by atoms with Crippen LogP contribution in [0.4, 0.5) is 5.69 Å². The van der Waals surface area contributed by atoms with E-state index in [1.807, 2.05) is 30.3 Å². The molecule has 2 aromatic carbocycles. The Balaban J connectivity index is 2.07. The number of ether oxygens (including phenoxy) is 1. The Hall–Kier alpha value is -2.11. The Morgan fingerprint density at radius 2 is 1.90 bits per heavy atom. The first-order valence-electron chi connectivity index (χ1n) is 6.11. The molecular formula is C15H13ClN2O2S. The molecule has 6 heteroatoms. The Labute approximate surface area is 133 Å². The predicted molar refractivity (Wildman–Crippen MR) is 88.1 cm³/mol. The van der Waals surface area contributed by atoms with E-state index in [4.69, 9.17) is 28.6 Å². The van der Waals surface area contributed by atoms with E-state index in [2.05, 4.69) is 10.6 Å². The van der Waals surface area contributed by atoms with E-state index in [9.17, 15) is 4.79 Å². The number of anilines is 1. The lowest BCUT2D eigenvalue weighted by Crippen LogP contribution is -2.34. The van der Waals surface area contributed by atoms with Gasteiger partial charge >= 0.3 is 0 Å². The molecule has 0 aliphatic rings. The number of benzene rings is 2. The van der Waals surface area contributed by atoms with Crippen LogP contribution in [0.2, 0.25) is 5.02 Å². The molecule has 2 aromatic rings. The van der Waals surface area contributed by atoms with Gasteiger partial charge in [-0.15, -0.1) is 0 Å². The van der Waals surface area contributed by atoms with Gasteiger partial charge in [0.1, 0.15) is 5.75 Å². The quantitative estimate of drug-likeness (QED) is 0.850. The highest BCUT2D eigenvalue weighted by Crippen LogP contribution is 2.22. The number of hydrogen-bond acceptors (Lipinski definition) is 3. The second-order valence-corrected chi connectivity index (χ2v) is 4.96. The summed E-state index contributed by atoms with van der Waals surface area (Å²) >= 11 is 11.0. The first-order chi connectivity index (χ1) is 10.1. The number of carbonyl (C=O) groups excluding carboxylic acids is 1. The fraction of sp³-hybridized carbons (Fsp3) is 0.0667. The van der Waals surface area contributed by atoms with Crippen LogP contribution in [0.25, 0.3) is 0 Å². The maximum atomic E-state index is 12.2. The third-order valence-electron chi connectivity index (χ3n) is 2.66. The lowest BCUT2D eigenvalue weighted by atomic mass is 10.2. The second-order valence-electron chi connectivity index (χ2n) is 4.12. The molecule has 0 fully saturated rings. The summed E-state index contributed by atoms with van der Waals surface area (Å²) in [5.74, 6) is 0.0437. The monoisotopic (exact) mass is 320 g/mol. The molecule has 21 heavy (non-hydrogen) atoms. The molecule has 0 bridgehead atoms. The number of hydrogen-bond donors (Lipinski definition) is 2. The van der Waals surface area contributed by atoms with E-state index < -0.39 is 0 Å². The van der Waals surface area contributed by atoms with Crippen molar-refractivity contribution in [3.05, 3.63) is 59.1 Å². The van der Waals surface area contributed by atoms with Crippen molar-refractivity contribution in [2.45, 2.75) is 0 Å². The Morgan fingerprint density at radius 1 is 1.19 bits per heavy atom. The van der Waals surface area contributed by atoms with Crippen molar-refractivity contribution in [1.82, 2.24) is 5.32 Å². The van der Waals surface area contributed by atoms with Crippen molar-refractivity contribution in [2.75, 3.05) is 12.4 Å². The minimum absolute atomic E-state index is 0.202. The lowest BCUT2D eigenvalue weighted by Gasteiger charge is -2.11. The molecule has 0 atom stereocenters. The number of methoxy groups -OCH3 is 1. The number of thiocarbonyl (C=S) groups is 1. The zero-order valence-electron chi connectivity index (χ0n) is 11.2. The van der Waals surface area contributed by atoms with E-state index in [0.717, 1.165) is 5.69 Å². The van der Waals surface area contributed by atoms with Crippen LogP contribution in [0, 0.1) is 0 Å². The molecule has 0 spiro atoms. The van der Waals surface area contributed by atoms with Gasteiger partial charge in [0.25, 0.3) is 5.91 Å². The smallest absolute Gasteiger partial charge is 0.261 e. The summed E-state index contributed by atoms with van der Waals surface area (Å²) in [6.07, 6.45) is 0. The normalized spacial score (nSPS) is 9.81. The van der Waals surface area contributed by atoms with Crippen LogP contribution in [0.15, 0.2) is 48.5 Å². The second kappa shape index (κ2) is 7.06. The standard InChI is InChI=1S/C15H13ClN2O2S/c1-20-13-8-7-10(16)9-12(13)14(19)18-15(21)17-11-5-3-2-4-6-11/h2-9H,1H3,(H2,17,18,19,21). The molecule has 2 N–H and O–H groups in total. The maximum Gasteiger partial charge on any atom is 0.261 e. The van der Waals surface area contributed by atoms with Gasteiger partial charge in [0.15, 0.2) is 5.11 Å². The number of halogens is 1. The molecule has 0 aliphatic heterocycles. The minimum atomic E-state index is -0.386. The molecular weight excluding hydrogens is 308 g/mol. The van der Waals surface area contributed by atoms with Crippen molar-refractivity contribution in [3.63, 3.8) is 0 Å². The van der Waals surface area contributed by atoms with Gasteiger partial charge in [0, 0.05) is 10.7 Å². The minimum Gasteiger partial charge on any atom is -0.496 e. The molecule has 0 unspecified atom stereocenters. The van der Waals surface area contributed by atoms with Gasteiger partial charge < -0.3 is 10.1 Å². The van der Waals surface area contributed by atoms with Gasteiger partial charge in [-0.3, -0.25) is 10.1 Å². The van der Waals surface area contributed by atoms with Crippen molar-refractivity contribution in [1.29, 1.82) is 0 Å². The van der Waals surface area contributed by atoms with Gasteiger partial charge in [0.05, 0.1) is 12.7 Å². The first-order valence-corrected chi connectivity index (χ1v) is 6.89. The fourth-order valence-electron chi connectivity index (χ4n) is 1.71. The summed E-state index contributed by atoms with van der Waals surface area (Å²) < 4.78 is 5.14. The number of nitrogens with one attached hydrogen (secondary N) is 2. The first kappa shape index (κ1) is 15.3. The van der Waals surface area contributed by atoms with Gasteiger partial charge in [-0.05, 0) is 42.5 Å². The zero-order chi connectivity index (χ0) is 15.2. The van der Waals surface area contributed by atoms with E-state index in [1.165, 1.54) is 13.2 Å². The third-order valence-corrected chi connectivity index (χ3v) is 3.10. The van der Waals surface area contributed by atoms with Gasteiger partial charge in [-0.2, -0.15) is 0 Å². The molecule has 108 valence electrons. The van der Waals surface area contributed by atoms with Gasteiger partial charge in [0.2, 0.25) is 0 Å². The highest BCUT2D eigenvalue weighted by molar-refractivity contribution is 7.80. The Kier molecular flexibility index (Phi) is 5.14. The topological polar surface area (TPSA) is 50.4 Å². The Morgan fingerprint density at radius 3 is 2.57 bits per heavy atom. The van der Waals surface area contributed by atoms with E-state index in [0.29, 0.717) is 16.3 Å². The van der Waals surface area contributed by atoms with E-state index in [-0.39, 0.29) is 11.0 Å². The van der Waals surface area contributed by atoms with Gasteiger partial charge in [-0.25, -0.2) is 0 Å². The summed E-state index contributed by atoms with van der Waals surface area (Å²) in [5, 5.41) is 6.16. The highest BCUT2D eigenvalue weighted by atomic mass is 35.5. The molecule has 0 heterocycles. The SMILES string of the molecule is COc1ccc(Cl)cc1C(=O)NC(=S)Nc1ccccc1. The molecule has 2 rings (SSSR count).